The van der Waals surface area contributed by atoms with Crippen LogP contribution in [0.2, 0.25) is 0 Å². The van der Waals surface area contributed by atoms with Crippen molar-refractivity contribution >= 4 is 44.5 Å². The molecule has 1 aromatic carbocycles. The minimum atomic E-state index is -4.02. The number of hydrogen-bond donors (Lipinski definition) is 2. The van der Waals surface area contributed by atoms with E-state index in [1.807, 2.05) is 12.1 Å². The van der Waals surface area contributed by atoms with E-state index in [0.717, 1.165) is 21.2 Å². The van der Waals surface area contributed by atoms with Crippen LogP contribution in [0.15, 0.2) is 70.5 Å². The van der Waals surface area contributed by atoms with Gasteiger partial charge in [0.1, 0.15) is 10.3 Å². The molecule has 10 heteroatoms. The molecule has 1 aliphatic rings. The maximum absolute atomic E-state index is 13.4. The highest BCUT2D eigenvalue weighted by atomic mass is 32.2. The lowest BCUT2D eigenvalue weighted by Gasteiger charge is -2.36. The van der Waals surface area contributed by atoms with E-state index in [0.29, 0.717) is 24.3 Å². The number of nitrogens with zero attached hydrogens (tertiary/aromatic N) is 2. The van der Waals surface area contributed by atoms with Crippen LogP contribution in [0.25, 0.3) is 0 Å². The molecule has 3 heterocycles. The third kappa shape index (κ3) is 4.44. The van der Waals surface area contributed by atoms with Gasteiger partial charge in [-0.15, -0.1) is 11.3 Å². The largest absolute Gasteiger partial charge is 0.356 e. The highest BCUT2D eigenvalue weighted by Gasteiger charge is 2.42. The van der Waals surface area contributed by atoms with Crippen LogP contribution in [-0.2, 0) is 26.0 Å². The Morgan fingerprint density at radius 1 is 1.13 bits per heavy atom. The number of carbonyl (C=O) groups excluding carboxylic acids is 2. The maximum atomic E-state index is 13.4. The highest BCUT2D eigenvalue weighted by Crippen LogP contribution is 2.37. The number of benzene rings is 1. The van der Waals surface area contributed by atoms with Crippen LogP contribution in [0.3, 0.4) is 0 Å². The highest BCUT2D eigenvalue weighted by molar-refractivity contribution is 7.94. The lowest BCUT2D eigenvalue weighted by Crippen LogP contribution is -2.52. The quantitative estimate of drug-likeness (QED) is 0.568. The number of thiophene rings is 1. The summed E-state index contributed by atoms with van der Waals surface area (Å²) in [4.78, 5) is 29.4. The molecular formula is C21H20N4O4S2. The van der Waals surface area contributed by atoms with Crippen LogP contribution in [0.5, 0.6) is 0 Å². The first-order chi connectivity index (χ1) is 15.0. The number of amides is 2. The zero-order valence-electron chi connectivity index (χ0n) is 16.4. The van der Waals surface area contributed by atoms with Gasteiger partial charge in [-0.25, -0.2) is 8.42 Å². The van der Waals surface area contributed by atoms with E-state index in [1.54, 1.807) is 48.1 Å². The lowest BCUT2D eigenvalue weighted by molar-refractivity contribution is -0.125. The number of para-hydroxylation sites is 2. The van der Waals surface area contributed by atoms with Gasteiger partial charge in [-0.2, -0.15) is 0 Å². The van der Waals surface area contributed by atoms with Crippen molar-refractivity contribution < 1.29 is 18.0 Å². The first kappa shape index (κ1) is 21.0. The van der Waals surface area contributed by atoms with Gasteiger partial charge in [0.05, 0.1) is 17.8 Å². The molecule has 0 spiro atoms. The Morgan fingerprint density at radius 3 is 2.65 bits per heavy atom. The molecule has 0 saturated heterocycles. The summed E-state index contributed by atoms with van der Waals surface area (Å²) in [6, 6.07) is 12.3. The molecule has 2 aromatic heterocycles. The molecule has 0 aliphatic carbocycles. The van der Waals surface area contributed by atoms with E-state index in [-0.39, 0.29) is 10.6 Å². The summed E-state index contributed by atoms with van der Waals surface area (Å²) < 4.78 is 27.9. The summed E-state index contributed by atoms with van der Waals surface area (Å²) in [6.45, 7) is 0.367. The van der Waals surface area contributed by atoms with Crippen molar-refractivity contribution in [3.8, 4) is 0 Å². The number of pyridine rings is 1. The number of fused-ring (bicyclic) bond motifs is 1. The SMILES string of the molecule is O=C(C[C@@H]1C(=O)Nc2ccccc2N1S(=O)(=O)c1cccs1)NCCc1ccncc1. The average Bonchev–Trinajstić information content (AvgIpc) is 3.31. The monoisotopic (exact) mass is 456 g/mol. The first-order valence-electron chi connectivity index (χ1n) is 9.60. The van der Waals surface area contributed by atoms with Crippen molar-refractivity contribution in [1.82, 2.24) is 10.3 Å². The number of carbonyl (C=O) groups is 2. The van der Waals surface area contributed by atoms with Crippen LogP contribution >= 0.6 is 11.3 Å². The van der Waals surface area contributed by atoms with Gasteiger partial charge in [-0.05, 0) is 47.7 Å². The van der Waals surface area contributed by atoms with Gasteiger partial charge >= 0.3 is 0 Å². The molecule has 4 rings (SSSR count). The third-order valence-corrected chi connectivity index (χ3v) is 8.05. The van der Waals surface area contributed by atoms with E-state index in [2.05, 4.69) is 15.6 Å². The second-order valence-electron chi connectivity index (χ2n) is 6.91. The van der Waals surface area contributed by atoms with Gasteiger partial charge in [-0.3, -0.25) is 18.9 Å². The molecule has 2 N–H and O–H groups in total. The van der Waals surface area contributed by atoms with Crippen LogP contribution in [0, 0.1) is 0 Å². The normalized spacial score (nSPS) is 15.8. The van der Waals surface area contributed by atoms with Crippen molar-refractivity contribution in [1.29, 1.82) is 0 Å². The number of rotatable bonds is 7. The molecule has 160 valence electrons. The van der Waals surface area contributed by atoms with Gasteiger partial charge in [0.25, 0.3) is 10.0 Å². The minimum absolute atomic E-state index is 0.111. The van der Waals surface area contributed by atoms with Crippen molar-refractivity contribution in [2.75, 3.05) is 16.2 Å². The summed E-state index contributed by atoms with van der Waals surface area (Å²) in [7, 11) is -4.02. The molecule has 1 atom stereocenters. The smallest absolute Gasteiger partial charge is 0.274 e. The van der Waals surface area contributed by atoms with Crippen LogP contribution in [0.1, 0.15) is 12.0 Å². The fraction of sp³-hybridized carbons (Fsp3) is 0.190. The van der Waals surface area contributed by atoms with Crippen LogP contribution in [0.4, 0.5) is 11.4 Å². The Hall–Kier alpha value is -3.24. The number of sulfonamides is 1. The zero-order chi connectivity index (χ0) is 21.8. The summed E-state index contributed by atoms with van der Waals surface area (Å²) in [6.07, 6.45) is 3.66. The van der Waals surface area contributed by atoms with E-state index in [9.17, 15) is 18.0 Å². The fourth-order valence-electron chi connectivity index (χ4n) is 3.39. The zero-order valence-corrected chi connectivity index (χ0v) is 18.0. The fourth-order valence-corrected chi connectivity index (χ4v) is 6.10. The molecule has 2 amide bonds. The molecule has 0 radical (unpaired) electrons. The van der Waals surface area contributed by atoms with Crippen LogP contribution < -0.4 is 14.9 Å². The minimum Gasteiger partial charge on any atom is -0.356 e. The molecular weight excluding hydrogens is 436 g/mol. The standard InChI is InChI=1S/C21H20N4O4S2/c26-19(23-12-9-15-7-10-22-11-8-15)14-18-21(27)24-16-4-1-2-5-17(16)25(18)31(28,29)20-6-3-13-30-20/h1-8,10-11,13,18H,9,12,14H2,(H,23,26)(H,24,27)/t18-/m1/s1. The van der Waals surface area contributed by atoms with E-state index in [4.69, 9.17) is 0 Å². The number of anilines is 2. The van der Waals surface area contributed by atoms with Gasteiger partial charge in [0.2, 0.25) is 11.8 Å². The van der Waals surface area contributed by atoms with Crippen molar-refractivity contribution in [3.05, 3.63) is 71.9 Å². The Labute approximate surface area is 184 Å². The van der Waals surface area contributed by atoms with Gasteiger partial charge in [0, 0.05) is 18.9 Å². The first-order valence-corrected chi connectivity index (χ1v) is 11.9. The predicted molar refractivity (Wildman–Crippen MR) is 118 cm³/mol. The molecule has 0 saturated carbocycles. The molecule has 31 heavy (non-hydrogen) atoms. The number of aromatic nitrogens is 1. The Kier molecular flexibility index (Phi) is 6.01. The second kappa shape index (κ2) is 8.86. The molecule has 3 aromatic rings. The Bertz CT molecular complexity index is 1180. The third-order valence-electron chi connectivity index (χ3n) is 4.86. The number of nitrogens with one attached hydrogen (secondary N) is 2. The molecule has 1 aliphatic heterocycles. The second-order valence-corrected chi connectivity index (χ2v) is 9.90. The summed E-state index contributed by atoms with van der Waals surface area (Å²) >= 11 is 1.06. The van der Waals surface area contributed by atoms with Crippen molar-refractivity contribution in [2.24, 2.45) is 0 Å². The molecule has 8 nitrogen and oxygen atoms in total. The maximum Gasteiger partial charge on any atom is 0.274 e. The summed E-state index contributed by atoms with van der Waals surface area (Å²) in [5.74, 6) is -0.942. The lowest BCUT2D eigenvalue weighted by atomic mass is 10.1. The van der Waals surface area contributed by atoms with Gasteiger partial charge < -0.3 is 10.6 Å². The topological polar surface area (TPSA) is 108 Å². The molecule has 0 unspecified atom stereocenters. The van der Waals surface area contributed by atoms with E-state index < -0.39 is 27.9 Å². The van der Waals surface area contributed by atoms with Gasteiger partial charge in [0.15, 0.2) is 0 Å². The van der Waals surface area contributed by atoms with E-state index >= 15 is 0 Å². The Morgan fingerprint density at radius 2 is 1.90 bits per heavy atom. The van der Waals surface area contributed by atoms with Gasteiger partial charge in [-0.1, -0.05) is 18.2 Å². The van der Waals surface area contributed by atoms with Crippen molar-refractivity contribution in [3.63, 3.8) is 0 Å². The number of hydrogen-bond acceptors (Lipinski definition) is 6. The predicted octanol–water partition coefficient (Wildman–Crippen LogP) is 2.41. The summed E-state index contributed by atoms with van der Waals surface area (Å²) in [5.41, 5.74) is 1.74. The summed E-state index contributed by atoms with van der Waals surface area (Å²) in [5, 5.41) is 7.14. The van der Waals surface area contributed by atoms with E-state index in [1.165, 1.54) is 6.07 Å². The Balaban J connectivity index is 1.56. The average molecular weight is 457 g/mol. The molecule has 0 fully saturated rings. The van der Waals surface area contributed by atoms with Crippen LogP contribution in [-0.4, -0.2) is 37.8 Å². The van der Waals surface area contributed by atoms with Crippen molar-refractivity contribution in [2.45, 2.75) is 23.1 Å². The molecule has 0 bridgehead atoms.